The average molecular weight is 332 g/mol. The number of benzene rings is 1. The van der Waals surface area contributed by atoms with Crippen LogP contribution in [0, 0.1) is 11.7 Å². The zero-order valence-corrected chi connectivity index (χ0v) is 13.5. The van der Waals surface area contributed by atoms with Crippen LogP contribution in [0.3, 0.4) is 0 Å². The molecule has 0 spiro atoms. The van der Waals surface area contributed by atoms with Crippen LogP contribution in [0.5, 0.6) is 0 Å². The Kier molecular flexibility index (Phi) is 5.10. The van der Waals surface area contributed by atoms with Gasteiger partial charge >= 0.3 is 6.03 Å². The maximum absolute atomic E-state index is 14.2. The minimum Gasteiger partial charge on any atom is -0.381 e. The van der Waals surface area contributed by atoms with Crippen molar-refractivity contribution < 1.29 is 13.9 Å². The van der Waals surface area contributed by atoms with Crippen LogP contribution in [-0.2, 0) is 11.8 Å². The highest BCUT2D eigenvalue weighted by Gasteiger charge is 2.24. The maximum atomic E-state index is 14.2. The lowest BCUT2D eigenvalue weighted by Crippen LogP contribution is -2.41. The second-order valence-electron chi connectivity index (χ2n) is 5.93. The Morgan fingerprint density at radius 3 is 3.00 bits per heavy atom. The molecule has 0 saturated carbocycles. The molecule has 2 heterocycles. The minimum absolute atomic E-state index is 0.329. The number of hydrogen-bond acceptors (Lipinski definition) is 3. The van der Waals surface area contributed by atoms with Gasteiger partial charge in [0.05, 0.1) is 6.61 Å². The Morgan fingerprint density at radius 1 is 1.50 bits per heavy atom. The van der Waals surface area contributed by atoms with E-state index < -0.39 is 6.04 Å². The summed E-state index contributed by atoms with van der Waals surface area (Å²) >= 11 is 0. The molecule has 0 aliphatic carbocycles. The molecule has 2 amide bonds. The van der Waals surface area contributed by atoms with Crippen molar-refractivity contribution in [1.29, 1.82) is 0 Å². The summed E-state index contributed by atoms with van der Waals surface area (Å²) in [4.78, 5) is 16.5. The van der Waals surface area contributed by atoms with Crippen LogP contribution in [0.15, 0.2) is 36.7 Å². The summed E-state index contributed by atoms with van der Waals surface area (Å²) in [5.41, 5.74) is 0.381. The third-order valence-electron chi connectivity index (χ3n) is 4.18. The smallest absolute Gasteiger partial charge is 0.315 e. The van der Waals surface area contributed by atoms with E-state index in [9.17, 15) is 9.18 Å². The summed E-state index contributed by atoms with van der Waals surface area (Å²) in [5.74, 6) is 0.519. The van der Waals surface area contributed by atoms with E-state index >= 15 is 0 Å². The molecule has 1 aromatic heterocycles. The highest BCUT2D eigenvalue weighted by molar-refractivity contribution is 5.74. The second kappa shape index (κ2) is 7.44. The number of halogens is 1. The molecule has 2 N–H and O–H groups in total. The van der Waals surface area contributed by atoms with Gasteiger partial charge in [-0.3, -0.25) is 0 Å². The molecule has 0 radical (unpaired) electrons. The van der Waals surface area contributed by atoms with Gasteiger partial charge in [0.15, 0.2) is 0 Å². The van der Waals surface area contributed by atoms with Crippen LogP contribution >= 0.6 is 0 Å². The van der Waals surface area contributed by atoms with Crippen LogP contribution in [0.2, 0.25) is 0 Å². The molecule has 128 valence electrons. The van der Waals surface area contributed by atoms with Crippen molar-refractivity contribution >= 4 is 6.03 Å². The normalized spacial score (nSPS) is 18.3. The molecule has 24 heavy (non-hydrogen) atoms. The van der Waals surface area contributed by atoms with Gasteiger partial charge < -0.3 is 19.9 Å². The summed E-state index contributed by atoms with van der Waals surface area (Å²) in [6.07, 6.45) is 4.33. The molecule has 1 aliphatic heterocycles. The number of aryl methyl sites for hydroxylation is 1. The van der Waals surface area contributed by atoms with E-state index in [1.807, 2.05) is 7.05 Å². The maximum Gasteiger partial charge on any atom is 0.315 e. The van der Waals surface area contributed by atoms with Crippen molar-refractivity contribution in [2.75, 3.05) is 19.8 Å². The van der Waals surface area contributed by atoms with Crippen LogP contribution < -0.4 is 10.6 Å². The molecule has 2 aromatic rings. The monoisotopic (exact) mass is 332 g/mol. The lowest BCUT2D eigenvalue weighted by molar-refractivity contribution is 0.185. The Bertz CT molecular complexity index is 697. The Balaban J connectivity index is 1.74. The Morgan fingerprint density at radius 2 is 2.33 bits per heavy atom. The van der Waals surface area contributed by atoms with E-state index in [4.69, 9.17) is 4.74 Å². The fourth-order valence-electron chi connectivity index (χ4n) is 2.81. The number of carbonyl (C=O) groups excluding carboxylic acids is 1. The number of nitrogens with zero attached hydrogens (tertiary/aromatic N) is 2. The second-order valence-corrected chi connectivity index (χ2v) is 5.93. The number of rotatable bonds is 5. The predicted molar refractivity (Wildman–Crippen MR) is 86.9 cm³/mol. The number of hydrogen-bond donors (Lipinski definition) is 2. The Hall–Kier alpha value is -2.41. The van der Waals surface area contributed by atoms with Gasteiger partial charge in [-0.15, -0.1) is 0 Å². The zero-order chi connectivity index (χ0) is 16.9. The Labute approximate surface area is 140 Å². The molecule has 1 fully saturated rings. The SMILES string of the molecule is Cn1ccnc1[C@H](NC(=O)NC[C@H]1CCOC1)c1ccccc1F. The molecule has 1 aliphatic rings. The summed E-state index contributed by atoms with van der Waals surface area (Å²) in [5, 5.41) is 5.66. The van der Waals surface area contributed by atoms with Gasteiger partial charge in [-0.1, -0.05) is 18.2 Å². The lowest BCUT2D eigenvalue weighted by Gasteiger charge is -2.20. The fraction of sp³-hybridized carbons (Fsp3) is 0.412. The molecular weight excluding hydrogens is 311 g/mol. The van der Waals surface area contributed by atoms with Crippen molar-refractivity contribution in [3.05, 3.63) is 53.9 Å². The van der Waals surface area contributed by atoms with Crippen molar-refractivity contribution in [2.45, 2.75) is 12.5 Å². The number of nitrogens with one attached hydrogen (secondary N) is 2. The van der Waals surface area contributed by atoms with Gasteiger partial charge in [-0.2, -0.15) is 0 Å². The summed E-state index contributed by atoms with van der Waals surface area (Å²) in [6.45, 7) is 1.94. The standard InChI is InChI=1S/C17H21FN4O2/c1-22-8-7-19-16(22)15(13-4-2-3-5-14(13)18)21-17(23)20-10-12-6-9-24-11-12/h2-5,7-8,12,15H,6,9-11H2,1H3,(H2,20,21,23)/t12-,15-/m1/s1. The summed E-state index contributed by atoms with van der Waals surface area (Å²) in [6, 6.07) is 5.38. The number of aromatic nitrogens is 2. The first-order valence-electron chi connectivity index (χ1n) is 7.99. The number of ether oxygens (including phenoxy) is 1. The zero-order valence-electron chi connectivity index (χ0n) is 13.5. The molecule has 2 atom stereocenters. The minimum atomic E-state index is -0.661. The third kappa shape index (κ3) is 3.73. The molecule has 6 nitrogen and oxygen atoms in total. The van der Waals surface area contributed by atoms with E-state index in [0.717, 1.165) is 13.0 Å². The first-order chi connectivity index (χ1) is 11.6. The average Bonchev–Trinajstić information content (AvgIpc) is 3.23. The summed E-state index contributed by atoms with van der Waals surface area (Å²) in [7, 11) is 1.81. The predicted octanol–water partition coefficient (Wildman–Crippen LogP) is 1.98. The molecule has 1 saturated heterocycles. The molecule has 7 heteroatoms. The number of carbonyl (C=O) groups is 1. The molecule has 0 bridgehead atoms. The van der Waals surface area contributed by atoms with Gasteiger partial charge in [0.1, 0.15) is 17.7 Å². The van der Waals surface area contributed by atoms with Crippen LogP contribution in [0.25, 0.3) is 0 Å². The quantitative estimate of drug-likeness (QED) is 0.880. The van der Waals surface area contributed by atoms with Crippen LogP contribution in [-0.4, -0.2) is 35.3 Å². The third-order valence-corrected chi connectivity index (χ3v) is 4.18. The van der Waals surface area contributed by atoms with E-state index in [0.29, 0.717) is 30.5 Å². The highest BCUT2D eigenvalue weighted by Crippen LogP contribution is 2.23. The van der Waals surface area contributed by atoms with E-state index in [1.54, 1.807) is 35.2 Å². The molecule has 1 aromatic carbocycles. The fourth-order valence-corrected chi connectivity index (χ4v) is 2.81. The van der Waals surface area contributed by atoms with Gasteiger partial charge in [0, 0.05) is 44.1 Å². The van der Waals surface area contributed by atoms with Crippen molar-refractivity contribution in [3.8, 4) is 0 Å². The van der Waals surface area contributed by atoms with Crippen molar-refractivity contribution in [2.24, 2.45) is 13.0 Å². The van der Waals surface area contributed by atoms with Gasteiger partial charge in [0.25, 0.3) is 0 Å². The van der Waals surface area contributed by atoms with E-state index in [-0.39, 0.29) is 11.8 Å². The largest absolute Gasteiger partial charge is 0.381 e. The van der Waals surface area contributed by atoms with Crippen LogP contribution in [0.1, 0.15) is 23.9 Å². The first-order valence-corrected chi connectivity index (χ1v) is 7.99. The topological polar surface area (TPSA) is 68.2 Å². The highest BCUT2D eigenvalue weighted by atomic mass is 19.1. The van der Waals surface area contributed by atoms with E-state index in [1.165, 1.54) is 6.07 Å². The number of urea groups is 1. The van der Waals surface area contributed by atoms with Gasteiger partial charge in [0.2, 0.25) is 0 Å². The van der Waals surface area contributed by atoms with Crippen molar-refractivity contribution in [3.63, 3.8) is 0 Å². The van der Waals surface area contributed by atoms with Crippen LogP contribution in [0.4, 0.5) is 9.18 Å². The number of imidazole rings is 1. The van der Waals surface area contributed by atoms with Gasteiger partial charge in [-0.05, 0) is 12.5 Å². The molecule has 0 unspecified atom stereocenters. The van der Waals surface area contributed by atoms with Gasteiger partial charge in [-0.25, -0.2) is 14.2 Å². The van der Waals surface area contributed by atoms with Crippen molar-refractivity contribution in [1.82, 2.24) is 20.2 Å². The number of amides is 2. The first kappa shape index (κ1) is 16.4. The van der Waals surface area contributed by atoms with E-state index in [2.05, 4.69) is 15.6 Å². The summed E-state index contributed by atoms with van der Waals surface area (Å²) < 4.78 is 21.3. The molecule has 3 rings (SSSR count). The lowest BCUT2D eigenvalue weighted by atomic mass is 10.1. The molecular formula is C17H21FN4O2.